The molecule has 0 aliphatic carbocycles. The number of benzene rings is 1. The van der Waals surface area contributed by atoms with Gasteiger partial charge in [0.25, 0.3) is 5.89 Å². The predicted molar refractivity (Wildman–Crippen MR) is 119 cm³/mol. The minimum Gasteiger partial charge on any atom is -0.415 e. The lowest BCUT2D eigenvalue weighted by Crippen LogP contribution is -2.43. The van der Waals surface area contributed by atoms with Crippen molar-refractivity contribution in [3.05, 3.63) is 59.0 Å². The number of pyridine rings is 1. The Morgan fingerprint density at radius 2 is 2.06 bits per heavy atom. The molecule has 0 radical (unpaired) electrons. The predicted octanol–water partition coefficient (Wildman–Crippen LogP) is 4.62. The highest BCUT2D eigenvalue weighted by Gasteiger charge is 2.31. The molecule has 3 aromatic rings. The second-order valence-electron chi connectivity index (χ2n) is 8.10. The van der Waals surface area contributed by atoms with Crippen LogP contribution in [-0.4, -0.2) is 64.2 Å². The van der Waals surface area contributed by atoms with Gasteiger partial charge in [0.1, 0.15) is 5.82 Å². The maximum absolute atomic E-state index is 13.8. The molecule has 3 heterocycles. The molecule has 12 heteroatoms. The third-order valence-corrected chi connectivity index (χ3v) is 5.92. The third-order valence-electron chi connectivity index (χ3n) is 5.63. The summed E-state index contributed by atoms with van der Waals surface area (Å²) in [4.78, 5) is 23.0. The number of hydrogen-bond acceptors (Lipinski definition) is 6. The van der Waals surface area contributed by atoms with E-state index in [1.807, 2.05) is 14.1 Å². The maximum atomic E-state index is 13.8. The van der Waals surface area contributed by atoms with Gasteiger partial charge in [-0.15, -0.1) is 10.2 Å². The topological polar surface area (TPSA) is 78.6 Å². The van der Waals surface area contributed by atoms with Crippen molar-refractivity contribution < 1.29 is 22.4 Å². The Hall–Kier alpha value is -3.18. The van der Waals surface area contributed by atoms with E-state index in [9.17, 15) is 18.0 Å². The van der Waals surface area contributed by atoms with E-state index in [2.05, 4.69) is 20.1 Å². The zero-order valence-corrected chi connectivity index (χ0v) is 19.2. The maximum Gasteiger partial charge on any atom is 0.324 e. The second-order valence-corrected chi connectivity index (χ2v) is 8.51. The third kappa shape index (κ3) is 5.15. The standard InChI is InChI=1S/C22H22ClF3N6O2/c1-30(2)16-7-8-31(12-16)22(33)32(15-5-6-18(24)17(23)9-15)11-14-4-3-13(10-27-14)20-28-29-21(34-20)19(25)26/h3-6,9-10,16,19H,7-8,11-12H2,1-2H3. The number of likely N-dealkylation sites (tertiary alicyclic amines) is 1. The SMILES string of the molecule is CN(C)C1CCN(C(=O)N(Cc2ccc(-c3nnc(C(F)F)o3)cn2)c2ccc(F)c(Cl)c2)C1. The summed E-state index contributed by atoms with van der Waals surface area (Å²) in [7, 11) is 3.94. The number of urea groups is 1. The minimum atomic E-state index is -2.87. The van der Waals surface area contributed by atoms with Crippen LogP contribution >= 0.6 is 11.6 Å². The van der Waals surface area contributed by atoms with Gasteiger partial charge in [-0.2, -0.15) is 8.78 Å². The van der Waals surface area contributed by atoms with Crippen molar-refractivity contribution in [2.75, 3.05) is 32.1 Å². The molecule has 4 rings (SSSR count). The lowest BCUT2D eigenvalue weighted by molar-refractivity contribution is 0.116. The monoisotopic (exact) mass is 494 g/mol. The van der Waals surface area contributed by atoms with Crippen molar-refractivity contribution in [2.45, 2.75) is 25.4 Å². The second kappa shape index (κ2) is 9.98. The number of carbonyl (C=O) groups is 1. The molecule has 1 saturated heterocycles. The first kappa shape index (κ1) is 24.0. The summed E-state index contributed by atoms with van der Waals surface area (Å²) < 4.78 is 44.1. The van der Waals surface area contributed by atoms with E-state index in [0.717, 1.165) is 6.42 Å². The minimum absolute atomic E-state index is 0.0797. The van der Waals surface area contributed by atoms with E-state index in [0.29, 0.717) is 30.0 Å². The first-order valence-corrected chi connectivity index (χ1v) is 10.9. The fraction of sp³-hybridized carbons (Fsp3) is 0.364. The van der Waals surface area contributed by atoms with Gasteiger partial charge in [0.15, 0.2) is 0 Å². The number of halogens is 4. The normalized spacial score (nSPS) is 16.0. The number of nitrogens with zero attached hydrogens (tertiary/aromatic N) is 6. The molecule has 1 aliphatic rings. The van der Waals surface area contributed by atoms with Crippen molar-refractivity contribution in [3.8, 4) is 11.5 Å². The van der Waals surface area contributed by atoms with Crippen molar-refractivity contribution >= 4 is 23.3 Å². The average Bonchev–Trinajstić information content (AvgIpc) is 3.50. The Bertz CT molecular complexity index is 1160. The zero-order valence-electron chi connectivity index (χ0n) is 18.5. The van der Waals surface area contributed by atoms with Gasteiger partial charge < -0.3 is 14.2 Å². The summed E-state index contributed by atoms with van der Waals surface area (Å²) in [6.45, 7) is 1.23. The van der Waals surface area contributed by atoms with Gasteiger partial charge >= 0.3 is 12.5 Å². The first-order chi connectivity index (χ1) is 16.2. The van der Waals surface area contributed by atoms with Gasteiger partial charge in [-0.1, -0.05) is 11.6 Å². The van der Waals surface area contributed by atoms with E-state index in [4.69, 9.17) is 16.0 Å². The summed E-state index contributed by atoms with van der Waals surface area (Å²) in [6, 6.07) is 7.29. The van der Waals surface area contributed by atoms with Gasteiger partial charge in [0, 0.05) is 31.0 Å². The van der Waals surface area contributed by atoms with Crippen molar-refractivity contribution in [2.24, 2.45) is 0 Å². The number of aromatic nitrogens is 3. The number of carbonyl (C=O) groups excluding carboxylic acids is 1. The molecular formula is C22H22ClF3N6O2. The Kier molecular flexibility index (Phi) is 7.03. The van der Waals surface area contributed by atoms with Gasteiger partial charge in [-0.05, 0) is 50.8 Å². The van der Waals surface area contributed by atoms with Crippen LogP contribution in [0.5, 0.6) is 0 Å². The van der Waals surface area contributed by atoms with E-state index in [1.54, 1.807) is 17.0 Å². The summed E-state index contributed by atoms with van der Waals surface area (Å²) in [6.07, 6.45) is -0.626. The van der Waals surface area contributed by atoms with Crippen LogP contribution < -0.4 is 4.90 Å². The van der Waals surface area contributed by atoms with Gasteiger partial charge in [-0.25, -0.2) is 9.18 Å². The average molecular weight is 495 g/mol. The molecule has 8 nitrogen and oxygen atoms in total. The largest absolute Gasteiger partial charge is 0.415 e. The molecule has 180 valence electrons. The molecule has 1 unspecified atom stereocenters. The summed E-state index contributed by atoms with van der Waals surface area (Å²) >= 11 is 5.98. The van der Waals surface area contributed by atoms with Crippen molar-refractivity contribution in [1.29, 1.82) is 0 Å². The van der Waals surface area contributed by atoms with Crippen molar-refractivity contribution in [1.82, 2.24) is 25.0 Å². The van der Waals surface area contributed by atoms with E-state index >= 15 is 0 Å². The first-order valence-electron chi connectivity index (χ1n) is 10.5. The van der Waals surface area contributed by atoms with Gasteiger partial charge in [0.05, 0.1) is 22.8 Å². The van der Waals surface area contributed by atoms with Gasteiger partial charge in [0.2, 0.25) is 5.89 Å². The van der Waals surface area contributed by atoms with Crippen LogP contribution in [0.15, 0.2) is 40.9 Å². The quantitative estimate of drug-likeness (QED) is 0.497. The van der Waals surface area contributed by atoms with Crippen LogP contribution in [0.2, 0.25) is 5.02 Å². The summed E-state index contributed by atoms with van der Waals surface area (Å²) in [5, 5.41) is 6.81. The molecule has 1 aliphatic heterocycles. The Labute approximate surface area is 198 Å². The van der Waals surface area contributed by atoms with Gasteiger partial charge in [-0.3, -0.25) is 9.88 Å². The number of hydrogen-bond donors (Lipinski definition) is 0. The van der Waals surface area contributed by atoms with Crippen LogP contribution in [-0.2, 0) is 6.54 Å². The molecule has 0 bridgehead atoms. The van der Waals surface area contributed by atoms with Crippen LogP contribution in [0, 0.1) is 5.82 Å². The molecular weight excluding hydrogens is 473 g/mol. The summed E-state index contributed by atoms with van der Waals surface area (Å²) in [5.41, 5.74) is 1.29. The molecule has 2 amide bonds. The highest BCUT2D eigenvalue weighted by atomic mass is 35.5. The number of rotatable bonds is 6. The van der Waals surface area contributed by atoms with Crippen molar-refractivity contribution in [3.63, 3.8) is 0 Å². The highest BCUT2D eigenvalue weighted by Crippen LogP contribution is 2.27. The fourth-order valence-electron chi connectivity index (χ4n) is 3.68. The summed E-state index contributed by atoms with van der Waals surface area (Å²) in [5.74, 6) is -1.44. The molecule has 1 fully saturated rings. The molecule has 2 aromatic heterocycles. The van der Waals surface area contributed by atoms with Crippen LogP contribution in [0.3, 0.4) is 0 Å². The number of alkyl halides is 2. The lowest BCUT2D eigenvalue weighted by atomic mass is 10.2. The zero-order chi connectivity index (χ0) is 24.4. The molecule has 0 saturated carbocycles. The number of amides is 2. The Balaban J connectivity index is 1.57. The number of likely N-dealkylation sites (N-methyl/N-ethyl adjacent to an activating group) is 1. The van der Waals surface area contributed by atoms with Crippen LogP contribution in [0.25, 0.3) is 11.5 Å². The molecule has 1 atom stereocenters. The van der Waals surface area contributed by atoms with E-state index in [-0.39, 0.29) is 29.5 Å². The Morgan fingerprint density at radius 3 is 2.65 bits per heavy atom. The molecule has 0 spiro atoms. The Morgan fingerprint density at radius 1 is 1.26 bits per heavy atom. The van der Waals surface area contributed by atoms with Crippen LogP contribution in [0.1, 0.15) is 24.4 Å². The molecule has 1 aromatic carbocycles. The van der Waals surface area contributed by atoms with E-state index in [1.165, 1.54) is 29.3 Å². The molecule has 34 heavy (non-hydrogen) atoms. The lowest BCUT2D eigenvalue weighted by Gasteiger charge is -2.29. The molecule has 0 N–H and O–H groups in total. The highest BCUT2D eigenvalue weighted by molar-refractivity contribution is 6.31. The fourth-order valence-corrected chi connectivity index (χ4v) is 3.85. The smallest absolute Gasteiger partial charge is 0.324 e. The number of anilines is 1. The van der Waals surface area contributed by atoms with E-state index < -0.39 is 18.1 Å². The van der Waals surface area contributed by atoms with Crippen LogP contribution in [0.4, 0.5) is 23.7 Å².